The lowest BCUT2D eigenvalue weighted by molar-refractivity contribution is -0.122. The van der Waals surface area contributed by atoms with Crippen molar-refractivity contribution in [3.63, 3.8) is 0 Å². The van der Waals surface area contributed by atoms with Crippen LogP contribution in [0.2, 0.25) is 0 Å². The Hall–Kier alpha value is -3.03. The molecule has 0 aliphatic rings. The van der Waals surface area contributed by atoms with Crippen molar-refractivity contribution < 1.29 is 24.2 Å². The highest BCUT2D eigenvalue weighted by Gasteiger charge is 2.27. The van der Waals surface area contributed by atoms with Gasteiger partial charge in [0.05, 0.1) is 12.0 Å². The van der Waals surface area contributed by atoms with Crippen molar-refractivity contribution in [2.24, 2.45) is 5.41 Å². The van der Waals surface area contributed by atoms with Gasteiger partial charge in [0.15, 0.2) is 23.5 Å². The molecule has 0 aliphatic heterocycles. The van der Waals surface area contributed by atoms with Crippen LogP contribution in [0.15, 0.2) is 23.0 Å². The molecule has 0 aliphatic carbocycles. The lowest BCUT2D eigenvalue weighted by Gasteiger charge is -2.28. The maximum atomic E-state index is 13.5. The molecule has 0 saturated carbocycles. The summed E-state index contributed by atoms with van der Waals surface area (Å²) in [5, 5.41) is 10.6. The van der Waals surface area contributed by atoms with E-state index < -0.39 is 12.2 Å². The Balaban J connectivity index is 2.86. The maximum Gasteiger partial charge on any atom is 0.412 e. The molecule has 32 heavy (non-hydrogen) atoms. The Kier molecular flexibility index (Phi) is 7.93. The molecule has 2 aromatic rings. The van der Waals surface area contributed by atoms with Gasteiger partial charge < -0.3 is 14.6 Å². The Labute approximate surface area is 188 Å². The number of ether oxygens (including phenoxy) is 2. The van der Waals surface area contributed by atoms with Crippen molar-refractivity contribution in [1.29, 1.82) is 0 Å². The van der Waals surface area contributed by atoms with Crippen LogP contribution in [-0.4, -0.2) is 41.3 Å². The van der Waals surface area contributed by atoms with Crippen molar-refractivity contribution in [3.8, 4) is 11.5 Å². The molecule has 1 heterocycles. The van der Waals surface area contributed by atoms with Crippen LogP contribution in [0.5, 0.6) is 11.5 Å². The average Bonchev–Trinajstić information content (AvgIpc) is 2.69. The Morgan fingerprint density at radius 3 is 2.41 bits per heavy atom. The number of Topliss-reactive ketones (excluding diaryl/α,β-unsaturated/α-hetero) is 1. The Bertz CT molecular complexity index is 1050. The second-order valence-corrected chi connectivity index (χ2v) is 9.23. The topological polar surface area (TPSA) is 98.1 Å². The third kappa shape index (κ3) is 5.81. The number of carbonyl (C=O) groups excluding carboxylic acids is 1. The first-order valence-corrected chi connectivity index (χ1v) is 10.8. The highest BCUT2D eigenvalue weighted by molar-refractivity contribution is 5.97. The molecule has 176 valence electrons. The Morgan fingerprint density at radius 1 is 1.22 bits per heavy atom. The van der Waals surface area contributed by atoms with Crippen LogP contribution in [0.3, 0.4) is 0 Å². The number of rotatable bonds is 9. The molecular weight excluding hydrogens is 412 g/mol. The molecule has 1 aromatic carbocycles. The molecule has 1 amide bonds. The van der Waals surface area contributed by atoms with Gasteiger partial charge in [-0.3, -0.25) is 19.1 Å². The molecule has 1 atom stereocenters. The predicted octanol–water partition coefficient (Wildman–Crippen LogP) is 4.70. The number of hydrogen-bond acceptors (Lipinski definition) is 5. The van der Waals surface area contributed by atoms with Gasteiger partial charge in [-0.25, -0.2) is 4.79 Å². The van der Waals surface area contributed by atoms with Gasteiger partial charge >= 0.3 is 6.09 Å². The number of nitrogens with zero attached hydrogens (tertiary/aromatic N) is 2. The second-order valence-electron chi connectivity index (χ2n) is 9.23. The average molecular weight is 447 g/mol. The molecule has 1 aromatic heterocycles. The van der Waals surface area contributed by atoms with E-state index in [1.54, 1.807) is 25.1 Å². The first-order chi connectivity index (χ1) is 14.9. The normalized spacial score (nSPS) is 12.5. The third-order valence-corrected chi connectivity index (χ3v) is 5.04. The number of ketones is 1. The first-order valence-electron chi connectivity index (χ1n) is 10.8. The van der Waals surface area contributed by atoms with Crippen LogP contribution in [0.4, 0.5) is 10.6 Å². The van der Waals surface area contributed by atoms with E-state index in [1.165, 1.54) is 18.5 Å². The number of unbranched alkanes of at least 4 members (excludes halogenated alkanes) is 1. The third-order valence-electron chi connectivity index (χ3n) is 5.04. The van der Waals surface area contributed by atoms with Crippen molar-refractivity contribution >= 4 is 28.5 Å². The fourth-order valence-electron chi connectivity index (χ4n) is 3.25. The summed E-state index contributed by atoms with van der Waals surface area (Å²) < 4.78 is 13.3. The van der Waals surface area contributed by atoms with Crippen molar-refractivity contribution in [2.45, 2.75) is 67.0 Å². The van der Waals surface area contributed by atoms with Gasteiger partial charge in [0.25, 0.3) is 5.56 Å². The number of pyridine rings is 1. The summed E-state index contributed by atoms with van der Waals surface area (Å²) in [6.45, 7) is 11.7. The molecule has 0 saturated heterocycles. The summed E-state index contributed by atoms with van der Waals surface area (Å²) in [6.07, 6.45) is -0.189. The summed E-state index contributed by atoms with van der Waals surface area (Å²) in [5.41, 5.74) is -0.598. The first kappa shape index (κ1) is 25.2. The highest BCUT2D eigenvalue weighted by Crippen LogP contribution is 2.37. The maximum absolute atomic E-state index is 13.5. The molecule has 8 nitrogen and oxygen atoms in total. The van der Waals surface area contributed by atoms with Gasteiger partial charge in [0.1, 0.15) is 5.75 Å². The molecule has 2 rings (SSSR count). The molecular formula is C24H34N2O6. The van der Waals surface area contributed by atoms with Crippen LogP contribution in [0, 0.1) is 5.41 Å². The van der Waals surface area contributed by atoms with E-state index >= 15 is 0 Å². The molecule has 0 bridgehead atoms. The number of carboxylic acid groups (broad SMARTS) is 1. The monoisotopic (exact) mass is 446 g/mol. The summed E-state index contributed by atoms with van der Waals surface area (Å²) in [7, 11) is 1.40. The number of benzene rings is 1. The summed E-state index contributed by atoms with van der Waals surface area (Å²) >= 11 is 0. The van der Waals surface area contributed by atoms with E-state index in [1.807, 2.05) is 27.7 Å². The van der Waals surface area contributed by atoms with E-state index in [9.17, 15) is 19.5 Å². The van der Waals surface area contributed by atoms with E-state index in [2.05, 4.69) is 0 Å². The molecule has 0 spiro atoms. The van der Waals surface area contributed by atoms with E-state index in [0.717, 1.165) is 17.7 Å². The standard InChI is InChI=1S/C24H34N2O6/c1-8-9-12-31-20-19-13-17(32-16(3)15(2)27)10-11-18(19)22(28)26(14-24(4,5)6)21(20)25(7)23(29)30/h10-11,13,16H,8-9,12,14H2,1-7H3,(H,29,30). The largest absolute Gasteiger partial charge is 0.489 e. The summed E-state index contributed by atoms with van der Waals surface area (Å²) in [4.78, 5) is 38.0. The van der Waals surface area contributed by atoms with Gasteiger partial charge in [0.2, 0.25) is 0 Å². The van der Waals surface area contributed by atoms with Crippen LogP contribution in [0.1, 0.15) is 54.4 Å². The van der Waals surface area contributed by atoms with Gasteiger partial charge in [-0.1, -0.05) is 34.1 Å². The lowest BCUT2D eigenvalue weighted by atomic mass is 9.96. The molecule has 0 radical (unpaired) electrons. The van der Waals surface area contributed by atoms with E-state index in [4.69, 9.17) is 9.47 Å². The summed E-state index contributed by atoms with van der Waals surface area (Å²) in [6, 6.07) is 4.91. The SMILES string of the molecule is CCCCOc1c(N(C)C(=O)O)n(CC(C)(C)C)c(=O)c2ccc(OC(C)C(C)=O)cc12. The lowest BCUT2D eigenvalue weighted by Crippen LogP contribution is -2.35. The van der Waals surface area contributed by atoms with Gasteiger partial charge in [-0.05, 0) is 43.9 Å². The van der Waals surface area contributed by atoms with Crippen LogP contribution >= 0.6 is 0 Å². The van der Waals surface area contributed by atoms with E-state index in [-0.39, 0.29) is 22.6 Å². The number of amides is 1. The van der Waals surface area contributed by atoms with Crippen LogP contribution < -0.4 is 19.9 Å². The smallest absolute Gasteiger partial charge is 0.412 e. The van der Waals surface area contributed by atoms with E-state index in [0.29, 0.717) is 35.4 Å². The zero-order valence-corrected chi connectivity index (χ0v) is 20.0. The minimum atomic E-state index is -1.20. The van der Waals surface area contributed by atoms with Gasteiger partial charge in [0, 0.05) is 19.0 Å². The highest BCUT2D eigenvalue weighted by atomic mass is 16.5. The number of carbonyl (C=O) groups is 2. The van der Waals surface area contributed by atoms with Gasteiger partial charge in [-0.15, -0.1) is 0 Å². The minimum Gasteiger partial charge on any atom is -0.489 e. The van der Waals surface area contributed by atoms with Crippen molar-refractivity contribution in [1.82, 2.24) is 4.57 Å². The second kappa shape index (κ2) is 10.1. The summed E-state index contributed by atoms with van der Waals surface area (Å²) in [5.74, 6) is 0.759. The van der Waals surface area contributed by atoms with Crippen LogP contribution in [-0.2, 0) is 11.3 Å². The fraction of sp³-hybridized carbons (Fsp3) is 0.542. The number of anilines is 1. The molecule has 8 heteroatoms. The zero-order valence-electron chi connectivity index (χ0n) is 20.0. The number of hydrogen-bond donors (Lipinski definition) is 1. The Morgan fingerprint density at radius 2 is 1.88 bits per heavy atom. The minimum absolute atomic E-state index is 0.128. The predicted molar refractivity (Wildman–Crippen MR) is 125 cm³/mol. The van der Waals surface area contributed by atoms with Crippen molar-refractivity contribution in [3.05, 3.63) is 28.6 Å². The quantitative estimate of drug-likeness (QED) is 0.561. The number of aromatic nitrogens is 1. The molecule has 1 N–H and O–H groups in total. The van der Waals surface area contributed by atoms with Gasteiger partial charge in [-0.2, -0.15) is 0 Å². The zero-order chi connectivity index (χ0) is 24.2. The number of fused-ring (bicyclic) bond motifs is 1. The van der Waals surface area contributed by atoms with Crippen LogP contribution in [0.25, 0.3) is 10.8 Å². The van der Waals surface area contributed by atoms with Crippen molar-refractivity contribution in [2.75, 3.05) is 18.6 Å². The fourth-order valence-corrected chi connectivity index (χ4v) is 3.25. The molecule has 0 fully saturated rings. The molecule has 1 unspecified atom stereocenters.